The molecule has 2 rings (SSSR count). The van der Waals surface area contributed by atoms with Crippen LogP contribution >= 0.6 is 0 Å². The number of carbonyl (C=O) groups excluding carboxylic acids is 1. The van der Waals surface area contributed by atoms with Crippen molar-refractivity contribution in [2.45, 2.75) is 19.8 Å². The smallest absolute Gasteiger partial charge is 0.358 e. The fraction of sp³-hybridized carbons (Fsp3) is 0.200. The first-order valence-electron chi connectivity index (χ1n) is 6.21. The number of carboxylic acids is 1. The first kappa shape index (κ1) is 13.9. The van der Waals surface area contributed by atoms with E-state index in [1.54, 1.807) is 18.2 Å². The summed E-state index contributed by atoms with van der Waals surface area (Å²) in [6.45, 7) is 1.97. The van der Waals surface area contributed by atoms with Gasteiger partial charge in [-0.3, -0.25) is 0 Å². The van der Waals surface area contributed by atoms with Crippen molar-refractivity contribution < 1.29 is 19.5 Å². The fourth-order valence-electron chi connectivity index (χ4n) is 1.77. The molecule has 2 N–H and O–H groups in total. The molecule has 0 saturated carbocycles. The van der Waals surface area contributed by atoms with Crippen LogP contribution in [0.3, 0.4) is 0 Å². The Morgan fingerprint density at radius 1 is 1.10 bits per heavy atom. The Kier molecular flexibility index (Phi) is 4.20. The topological polar surface area (TPSA) is 75.6 Å². The highest BCUT2D eigenvalue weighted by Gasteiger charge is 2.17. The van der Waals surface area contributed by atoms with Crippen LogP contribution in [0.25, 0.3) is 0 Å². The predicted molar refractivity (Wildman–Crippen MR) is 73.9 cm³/mol. The standard InChI is InChI=1S/C15H15NO4/c1-10-2-8-13(9-3-10)16-20-15(19)12-6-4-11(5-7-12)14(17)18/h2-4,7-9,16H,5-6H2,1H3,(H,17,18). The maximum absolute atomic E-state index is 11.8. The summed E-state index contributed by atoms with van der Waals surface area (Å²) in [5.74, 6) is -1.45. The van der Waals surface area contributed by atoms with Gasteiger partial charge in [-0.1, -0.05) is 29.8 Å². The minimum atomic E-state index is -0.952. The van der Waals surface area contributed by atoms with Crippen molar-refractivity contribution in [3.63, 3.8) is 0 Å². The van der Waals surface area contributed by atoms with E-state index < -0.39 is 11.9 Å². The zero-order chi connectivity index (χ0) is 14.5. The molecule has 20 heavy (non-hydrogen) atoms. The first-order chi connectivity index (χ1) is 9.56. The van der Waals surface area contributed by atoms with Gasteiger partial charge in [0.2, 0.25) is 0 Å². The molecule has 0 amide bonds. The van der Waals surface area contributed by atoms with Crippen LogP contribution in [0.5, 0.6) is 0 Å². The number of carbonyl (C=O) groups is 2. The van der Waals surface area contributed by atoms with Crippen molar-refractivity contribution >= 4 is 17.6 Å². The van der Waals surface area contributed by atoms with Crippen LogP contribution in [0.15, 0.2) is 47.6 Å². The lowest BCUT2D eigenvalue weighted by molar-refractivity contribution is -0.136. The summed E-state index contributed by atoms with van der Waals surface area (Å²) < 4.78 is 0. The Labute approximate surface area is 116 Å². The van der Waals surface area contributed by atoms with Crippen LogP contribution in [-0.4, -0.2) is 17.0 Å². The van der Waals surface area contributed by atoms with Gasteiger partial charge in [0.1, 0.15) is 0 Å². The number of benzene rings is 1. The lowest BCUT2D eigenvalue weighted by Crippen LogP contribution is -2.15. The van der Waals surface area contributed by atoms with Crippen molar-refractivity contribution in [3.05, 3.63) is 53.1 Å². The summed E-state index contributed by atoms with van der Waals surface area (Å²) in [4.78, 5) is 27.5. The Morgan fingerprint density at radius 3 is 2.25 bits per heavy atom. The van der Waals surface area contributed by atoms with Gasteiger partial charge in [0, 0.05) is 11.1 Å². The van der Waals surface area contributed by atoms with Crippen molar-refractivity contribution in [2.75, 3.05) is 5.48 Å². The van der Waals surface area contributed by atoms with Crippen molar-refractivity contribution in [1.29, 1.82) is 0 Å². The molecule has 0 fully saturated rings. The van der Waals surface area contributed by atoms with Crippen LogP contribution in [-0.2, 0) is 14.4 Å². The van der Waals surface area contributed by atoms with Gasteiger partial charge in [-0.05, 0) is 31.9 Å². The van der Waals surface area contributed by atoms with Gasteiger partial charge in [0.25, 0.3) is 0 Å². The molecule has 0 aromatic heterocycles. The van der Waals surface area contributed by atoms with Gasteiger partial charge >= 0.3 is 11.9 Å². The second-order valence-electron chi connectivity index (χ2n) is 4.53. The first-order valence-corrected chi connectivity index (χ1v) is 6.21. The minimum absolute atomic E-state index is 0.240. The van der Waals surface area contributed by atoms with Gasteiger partial charge in [-0.25, -0.2) is 15.1 Å². The van der Waals surface area contributed by atoms with Gasteiger partial charge in [0.05, 0.1) is 5.69 Å². The van der Waals surface area contributed by atoms with E-state index >= 15 is 0 Å². The van der Waals surface area contributed by atoms with Crippen molar-refractivity contribution in [1.82, 2.24) is 0 Å². The second kappa shape index (κ2) is 6.06. The molecule has 0 aliphatic heterocycles. The molecule has 1 aromatic carbocycles. The van der Waals surface area contributed by atoms with Gasteiger partial charge in [0.15, 0.2) is 0 Å². The average molecular weight is 273 g/mol. The third-order valence-corrected chi connectivity index (χ3v) is 2.99. The summed E-state index contributed by atoms with van der Waals surface area (Å²) in [6.07, 6.45) is 3.63. The highest BCUT2D eigenvalue weighted by Crippen LogP contribution is 2.19. The number of hydrogen-bond acceptors (Lipinski definition) is 4. The molecular formula is C15H15NO4. The summed E-state index contributed by atoms with van der Waals surface area (Å²) in [5, 5.41) is 8.81. The highest BCUT2D eigenvalue weighted by atomic mass is 16.7. The number of nitrogens with one attached hydrogen (secondary N) is 1. The summed E-state index contributed by atoms with van der Waals surface area (Å²) in [7, 11) is 0. The fourth-order valence-corrected chi connectivity index (χ4v) is 1.77. The monoisotopic (exact) mass is 273 g/mol. The predicted octanol–water partition coefficient (Wildman–Crippen LogP) is 2.60. The molecule has 1 aliphatic rings. The Balaban J connectivity index is 1.87. The zero-order valence-electron chi connectivity index (χ0n) is 11.1. The molecule has 0 unspecified atom stereocenters. The highest BCUT2D eigenvalue weighted by molar-refractivity contribution is 5.92. The van der Waals surface area contributed by atoms with E-state index in [-0.39, 0.29) is 12.8 Å². The molecule has 104 valence electrons. The average Bonchev–Trinajstić information content (AvgIpc) is 2.46. The van der Waals surface area contributed by atoms with Crippen LogP contribution in [0.2, 0.25) is 0 Å². The second-order valence-corrected chi connectivity index (χ2v) is 4.53. The van der Waals surface area contributed by atoms with E-state index in [0.717, 1.165) is 5.56 Å². The van der Waals surface area contributed by atoms with Crippen LogP contribution in [0.1, 0.15) is 18.4 Å². The normalized spacial score (nSPS) is 14.1. The molecule has 5 heteroatoms. The van der Waals surface area contributed by atoms with Gasteiger partial charge in [-0.2, -0.15) is 0 Å². The number of rotatable bonds is 4. The van der Waals surface area contributed by atoms with E-state index in [9.17, 15) is 9.59 Å². The number of hydrogen-bond donors (Lipinski definition) is 2. The number of allylic oxidation sites excluding steroid dienone is 2. The Morgan fingerprint density at radius 2 is 1.70 bits per heavy atom. The third kappa shape index (κ3) is 3.47. The maximum Gasteiger partial charge on any atom is 0.358 e. The number of aliphatic carboxylic acids is 1. The molecule has 5 nitrogen and oxygen atoms in total. The van der Waals surface area contributed by atoms with E-state index in [2.05, 4.69) is 5.48 Å². The number of aryl methyl sites for hydroxylation is 1. The number of anilines is 1. The van der Waals surface area contributed by atoms with E-state index in [0.29, 0.717) is 16.8 Å². The minimum Gasteiger partial charge on any atom is -0.478 e. The van der Waals surface area contributed by atoms with E-state index in [4.69, 9.17) is 9.94 Å². The quantitative estimate of drug-likeness (QED) is 0.825. The molecular weight excluding hydrogens is 258 g/mol. The molecule has 0 saturated heterocycles. The number of carboxylic acid groups (broad SMARTS) is 1. The van der Waals surface area contributed by atoms with Crippen molar-refractivity contribution in [3.8, 4) is 0 Å². The van der Waals surface area contributed by atoms with E-state index in [1.807, 2.05) is 19.1 Å². The molecule has 1 aromatic rings. The van der Waals surface area contributed by atoms with Gasteiger partial charge in [-0.15, -0.1) is 0 Å². The van der Waals surface area contributed by atoms with Crippen molar-refractivity contribution in [2.24, 2.45) is 0 Å². The molecule has 0 spiro atoms. The molecule has 1 aliphatic carbocycles. The lowest BCUT2D eigenvalue weighted by atomic mass is 10.00. The van der Waals surface area contributed by atoms with Crippen LogP contribution < -0.4 is 5.48 Å². The van der Waals surface area contributed by atoms with Crippen LogP contribution in [0, 0.1) is 6.92 Å². The molecule has 0 radical (unpaired) electrons. The Bertz CT molecular complexity index is 584. The van der Waals surface area contributed by atoms with Crippen LogP contribution in [0.4, 0.5) is 5.69 Å². The molecule has 0 bridgehead atoms. The van der Waals surface area contributed by atoms with E-state index in [1.165, 1.54) is 6.08 Å². The largest absolute Gasteiger partial charge is 0.478 e. The molecule has 0 atom stereocenters. The molecule has 0 heterocycles. The van der Waals surface area contributed by atoms with Gasteiger partial charge < -0.3 is 9.94 Å². The summed E-state index contributed by atoms with van der Waals surface area (Å²) in [6, 6.07) is 7.41. The summed E-state index contributed by atoms with van der Waals surface area (Å²) >= 11 is 0. The maximum atomic E-state index is 11.8. The zero-order valence-corrected chi connectivity index (χ0v) is 11.1. The Hall–Kier alpha value is -2.56. The summed E-state index contributed by atoms with van der Waals surface area (Å²) in [5.41, 5.74) is 5.12. The SMILES string of the molecule is Cc1ccc(NOC(=O)C2=CCC(C(=O)O)=CC2)cc1. The third-order valence-electron chi connectivity index (χ3n) is 2.99. The lowest BCUT2D eigenvalue weighted by Gasteiger charge is -2.11.